The van der Waals surface area contributed by atoms with Crippen LogP contribution >= 0.6 is 11.3 Å². The number of fused-ring (bicyclic) bond motifs is 1. The molecule has 0 spiro atoms. The van der Waals surface area contributed by atoms with Gasteiger partial charge in [0.15, 0.2) is 14.6 Å². The van der Waals surface area contributed by atoms with E-state index >= 15 is 0 Å². The Morgan fingerprint density at radius 2 is 1.79 bits per heavy atom. The third-order valence-corrected chi connectivity index (χ3v) is 8.28. The molecule has 0 fully saturated rings. The van der Waals surface area contributed by atoms with Crippen LogP contribution in [0.5, 0.6) is 0 Å². The van der Waals surface area contributed by atoms with E-state index in [0.29, 0.717) is 29.1 Å². The van der Waals surface area contributed by atoms with E-state index in [1.165, 1.54) is 30.6 Å². The van der Waals surface area contributed by atoms with Gasteiger partial charge in [0.1, 0.15) is 0 Å². The van der Waals surface area contributed by atoms with Crippen molar-refractivity contribution in [1.29, 1.82) is 0 Å². The standard InChI is InChI=1S/C23H26N2O6S2/c1-15(2)33(28,29)18-8-5-16(6-9-18)13-21(26)24-23-25(11-12-30-3)19-10-7-17(22(27)31-4)14-20(19)32-23/h5-10,14-15H,11-13H2,1-4H3. The molecule has 0 aliphatic heterocycles. The van der Waals surface area contributed by atoms with Gasteiger partial charge in [-0.3, -0.25) is 4.79 Å². The molecule has 2 aromatic carbocycles. The number of hydrogen-bond donors (Lipinski definition) is 0. The third-order valence-electron chi connectivity index (χ3n) is 5.07. The SMILES string of the molecule is COCCn1c(=NC(=O)Cc2ccc(S(=O)(=O)C(C)C)cc2)sc2cc(C(=O)OC)ccc21. The predicted molar refractivity (Wildman–Crippen MR) is 126 cm³/mol. The molecule has 0 N–H and O–H groups in total. The molecule has 10 heteroatoms. The highest BCUT2D eigenvalue weighted by Gasteiger charge is 2.19. The molecule has 0 aliphatic carbocycles. The van der Waals surface area contributed by atoms with Gasteiger partial charge in [-0.1, -0.05) is 23.5 Å². The van der Waals surface area contributed by atoms with Gasteiger partial charge in [0.05, 0.1) is 46.1 Å². The molecular weight excluding hydrogens is 464 g/mol. The van der Waals surface area contributed by atoms with Crippen LogP contribution in [0.15, 0.2) is 52.4 Å². The zero-order valence-electron chi connectivity index (χ0n) is 18.9. The number of carbonyl (C=O) groups is 2. The van der Waals surface area contributed by atoms with Crippen LogP contribution in [-0.2, 0) is 37.1 Å². The molecule has 0 bridgehead atoms. The number of nitrogens with zero attached hydrogens (tertiary/aromatic N) is 2. The molecule has 1 amide bonds. The first kappa shape index (κ1) is 24.8. The number of rotatable bonds is 8. The zero-order chi connectivity index (χ0) is 24.2. The Balaban J connectivity index is 1.92. The van der Waals surface area contributed by atoms with Crippen LogP contribution in [0.1, 0.15) is 29.8 Å². The van der Waals surface area contributed by atoms with Crippen molar-refractivity contribution < 1.29 is 27.5 Å². The van der Waals surface area contributed by atoms with Gasteiger partial charge < -0.3 is 14.0 Å². The number of benzene rings is 2. The Bertz CT molecular complexity index is 1340. The normalized spacial score (nSPS) is 12.5. The fraction of sp³-hybridized carbons (Fsp3) is 0.348. The van der Waals surface area contributed by atoms with Crippen molar-refractivity contribution in [2.45, 2.75) is 37.0 Å². The highest BCUT2D eigenvalue weighted by molar-refractivity contribution is 7.92. The maximum Gasteiger partial charge on any atom is 0.337 e. The number of sulfone groups is 1. The highest BCUT2D eigenvalue weighted by atomic mass is 32.2. The van der Waals surface area contributed by atoms with Crippen molar-refractivity contribution in [3.05, 3.63) is 58.4 Å². The topological polar surface area (TPSA) is 104 Å². The second-order valence-electron chi connectivity index (χ2n) is 7.62. The Labute approximate surface area is 196 Å². The molecule has 0 atom stereocenters. The number of carbonyl (C=O) groups excluding carboxylic acids is 2. The summed E-state index contributed by atoms with van der Waals surface area (Å²) < 4.78 is 37.2. The molecule has 3 rings (SSSR count). The second kappa shape index (κ2) is 10.4. The summed E-state index contributed by atoms with van der Waals surface area (Å²) in [5.41, 5.74) is 1.92. The average molecular weight is 491 g/mol. The van der Waals surface area contributed by atoms with E-state index in [9.17, 15) is 18.0 Å². The Morgan fingerprint density at radius 3 is 2.39 bits per heavy atom. The van der Waals surface area contributed by atoms with E-state index in [4.69, 9.17) is 9.47 Å². The summed E-state index contributed by atoms with van der Waals surface area (Å²) in [6.07, 6.45) is 0.0357. The Morgan fingerprint density at radius 1 is 1.09 bits per heavy atom. The molecule has 0 unspecified atom stereocenters. The summed E-state index contributed by atoms with van der Waals surface area (Å²) >= 11 is 1.30. The lowest BCUT2D eigenvalue weighted by atomic mass is 10.1. The Hall–Kier alpha value is -2.82. The lowest BCUT2D eigenvalue weighted by Crippen LogP contribution is -2.19. The molecule has 0 saturated heterocycles. The molecule has 3 aromatic rings. The predicted octanol–water partition coefficient (Wildman–Crippen LogP) is 2.99. The van der Waals surface area contributed by atoms with Gasteiger partial charge in [0.2, 0.25) is 0 Å². The fourth-order valence-electron chi connectivity index (χ4n) is 3.19. The first-order chi connectivity index (χ1) is 15.7. The van der Waals surface area contributed by atoms with Crippen LogP contribution < -0.4 is 4.80 Å². The minimum Gasteiger partial charge on any atom is -0.465 e. The van der Waals surface area contributed by atoms with Gasteiger partial charge in [0, 0.05) is 13.7 Å². The molecular formula is C23H26N2O6S2. The lowest BCUT2D eigenvalue weighted by molar-refractivity contribution is -0.117. The van der Waals surface area contributed by atoms with E-state index in [-0.39, 0.29) is 17.2 Å². The quantitative estimate of drug-likeness (QED) is 0.450. The molecule has 8 nitrogen and oxygen atoms in total. The summed E-state index contributed by atoms with van der Waals surface area (Å²) in [6.45, 7) is 4.17. The first-order valence-electron chi connectivity index (χ1n) is 10.3. The van der Waals surface area contributed by atoms with Crippen LogP contribution in [0.25, 0.3) is 10.2 Å². The van der Waals surface area contributed by atoms with Crippen molar-refractivity contribution in [3.63, 3.8) is 0 Å². The van der Waals surface area contributed by atoms with Gasteiger partial charge in [-0.15, -0.1) is 0 Å². The minimum absolute atomic E-state index is 0.0357. The molecule has 33 heavy (non-hydrogen) atoms. The number of aromatic nitrogens is 1. The van der Waals surface area contributed by atoms with Crippen molar-refractivity contribution in [2.24, 2.45) is 4.99 Å². The van der Waals surface area contributed by atoms with Gasteiger partial charge in [-0.2, -0.15) is 4.99 Å². The average Bonchev–Trinajstić information content (AvgIpc) is 3.13. The summed E-state index contributed by atoms with van der Waals surface area (Å²) in [5, 5.41) is -0.518. The van der Waals surface area contributed by atoms with Crippen LogP contribution in [0.2, 0.25) is 0 Å². The van der Waals surface area contributed by atoms with Gasteiger partial charge in [-0.25, -0.2) is 13.2 Å². The number of hydrogen-bond acceptors (Lipinski definition) is 7. The van der Waals surface area contributed by atoms with Crippen LogP contribution in [0.3, 0.4) is 0 Å². The first-order valence-corrected chi connectivity index (χ1v) is 12.6. The van der Waals surface area contributed by atoms with Crippen LogP contribution in [-0.4, -0.2) is 50.9 Å². The van der Waals surface area contributed by atoms with Crippen LogP contribution in [0.4, 0.5) is 0 Å². The van der Waals surface area contributed by atoms with Crippen molar-refractivity contribution in [3.8, 4) is 0 Å². The maximum absolute atomic E-state index is 12.7. The zero-order valence-corrected chi connectivity index (χ0v) is 20.5. The van der Waals surface area contributed by atoms with Gasteiger partial charge >= 0.3 is 5.97 Å². The van der Waals surface area contributed by atoms with Crippen LogP contribution in [0, 0.1) is 0 Å². The van der Waals surface area contributed by atoms with Gasteiger partial charge in [0.25, 0.3) is 5.91 Å². The summed E-state index contributed by atoms with van der Waals surface area (Å²) in [6, 6.07) is 11.5. The molecule has 0 radical (unpaired) electrons. The van der Waals surface area contributed by atoms with E-state index in [1.807, 2.05) is 4.57 Å². The molecule has 0 aliphatic rings. The number of esters is 1. The van der Waals surface area contributed by atoms with Crippen molar-refractivity contribution in [1.82, 2.24) is 4.57 Å². The summed E-state index contributed by atoms with van der Waals surface area (Å²) in [5.74, 6) is -0.799. The molecule has 176 valence electrons. The van der Waals surface area contributed by atoms with E-state index in [1.54, 1.807) is 51.3 Å². The number of thiazole rings is 1. The largest absolute Gasteiger partial charge is 0.465 e. The van der Waals surface area contributed by atoms with Gasteiger partial charge in [-0.05, 0) is 49.7 Å². The summed E-state index contributed by atoms with van der Waals surface area (Å²) in [4.78, 5) is 29.6. The van der Waals surface area contributed by atoms with E-state index in [2.05, 4.69) is 4.99 Å². The molecule has 1 aromatic heterocycles. The van der Waals surface area contributed by atoms with Crippen molar-refractivity contribution in [2.75, 3.05) is 20.8 Å². The fourth-order valence-corrected chi connectivity index (χ4v) is 5.36. The molecule has 0 saturated carbocycles. The number of amides is 1. The van der Waals surface area contributed by atoms with E-state index in [0.717, 1.165) is 10.2 Å². The molecule has 1 heterocycles. The monoisotopic (exact) mass is 490 g/mol. The Kier molecular flexibility index (Phi) is 7.83. The minimum atomic E-state index is -3.37. The van der Waals surface area contributed by atoms with E-state index < -0.39 is 21.1 Å². The smallest absolute Gasteiger partial charge is 0.337 e. The highest BCUT2D eigenvalue weighted by Crippen LogP contribution is 2.20. The lowest BCUT2D eigenvalue weighted by Gasteiger charge is -2.08. The van der Waals surface area contributed by atoms with Crippen molar-refractivity contribution >= 4 is 43.3 Å². The second-order valence-corrected chi connectivity index (χ2v) is 11.1. The third kappa shape index (κ3) is 5.58. The number of methoxy groups -OCH3 is 2. The summed E-state index contributed by atoms with van der Waals surface area (Å²) in [7, 11) is -0.450. The number of ether oxygens (including phenoxy) is 2. The maximum atomic E-state index is 12.7.